The molecule has 1 saturated heterocycles. The molecule has 1 amide bonds. The number of anilines is 2. The van der Waals surface area contributed by atoms with Crippen LogP contribution in [-0.4, -0.2) is 42.1 Å². The Morgan fingerprint density at radius 3 is 2.94 bits per heavy atom. The lowest BCUT2D eigenvalue weighted by molar-refractivity contribution is -0.119. The van der Waals surface area contributed by atoms with Crippen LogP contribution in [0.5, 0.6) is 0 Å². The molecule has 98 valence electrons. The third-order valence-corrected chi connectivity index (χ3v) is 3.19. The molecular weight excluding hydrogens is 230 g/mol. The molecule has 1 aromatic heterocycles. The van der Waals surface area contributed by atoms with Crippen LogP contribution < -0.4 is 15.5 Å². The lowest BCUT2D eigenvalue weighted by atomic mass is 10.2. The second-order valence-corrected chi connectivity index (χ2v) is 4.55. The summed E-state index contributed by atoms with van der Waals surface area (Å²) in [5.74, 6) is 1.82. The summed E-state index contributed by atoms with van der Waals surface area (Å²) in [6.45, 7) is 5.27. The number of hydrogen-bond donors (Lipinski definition) is 2. The van der Waals surface area contributed by atoms with Crippen molar-refractivity contribution in [3.8, 4) is 0 Å². The van der Waals surface area contributed by atoms with Gasteiger partial charge in [0.15, 0.2) is 0 Å². The van der Waals surface area contributed by atoms with Crippen LogP contribution in [0.4, 0.5) is 11.6 Å². The molecule has 1 aliphatic heterocycles. The molecule has 6 heteroatoms. The summed E-state index contributed by atoms with van der Waals surface area (Å²) < 4.78 is 0. The van der Waals surface area contributed by atoms with Crippen LogP contribution in [0.3, 0.4) is 0 Å². The molecular formula is C12H19N5O. The van der Waals surface area contributed by atoms with Crippen molar-refractivity contribution in [1.29, 1.82) is 0 Å². The van der Waals surface area contributed by atoms with Gasteiger partial charge >= 0.3 is 0 Å². The Kier molecular flexibility index (Phi) is 3.64. The van der Waals surface area contributed by atoms with Crippen molar-refractivity contribution < 1.29 is 4.79 Å². The first-order chi connectivity index (χ1) is 8.61. The molecule has 0 bridgehead atoms. The predicted molar refractivity (Wildman–Crippen MR) is 70.8 cm³/mol. The van der Waals surface area contributed by atoms with Gasteiger partial charge in [0, 0.05) is 38.7 Å². The molecule has 2 N–H and O–H groups in total. The number of carbonyl (C=O) groups excluding carboxylic acids is 1. The van der Waals surface area contributed by atoms with Crippen LogP contribution >= 0.6 is 0 Å². The zero-order valence-corrected chi connectivity index (χ0v) is 11.0. The average molecular weight is 249 g/mol. The molecule has 1 unspecified atom stereocenters. The first kappa shape index (κ1) is 12.6. The smallest absolute Gasteiger partial charge is 0.217 e. The van der Waals surface area contributed by atoms with Crippen molar-refractivity contribution in [2.45, 2.75) is 26.3 Å². The van der Waals surface area contributed by atoms with E-state index in [0.717, 1.165) is 36.7 Å². The first-order valence-corrected chi connectivity index (χ1v) is 6.13. The van der Waals surface area contributed by atoms with Crippen LogP contribution in [-0.2, 0) is 4.79 Å². The zero-order chi connectivity index (χ0) is 13.1. The fourth-order valence-electron chi connectivity index (χ4n) is 2.37. The van der Waals surface area contributed by atoms with Gasteiger partial charge in [0.05, 0.1) is 0 Å². The fraction of sp³-hybridized carbons (Fsp3) is 0.583. The van der Waals surface area contributed by atoms with Crippen LogP contribution in [0.2, 0.25) is 0 Å². The maximum Gasteiger partial charge on any atom is 0.217 e. The van der Waals surface area contributed by atoms with Gasteiger partial charge in [-0.05, 0) is 13.3 Å². The average Bonchev–Trinajstić information content (AvgIpc) is 2.76. The van der Waals surface area contributed by atoms with E-state index in [1.54, 1.807) is 13.3 Å². The normalized spacial score (nSPS) is 18.8. The number of carbonyl (C=O) groups is 1. The maximum absolute atomic E-state index is 11.0. The third kappa shape index (κ3) is 2.52. The minimum Gasteiger partial charge on any atom is -0.373 e. The zero-order valence-electron chi connectivity index (χ0n) is 11.0. The lowest BCUT2D eigenvalue weighted by Crippen LogP contribution is -2.35. The number of amides is 1. The van der Waals surface area contributed by atoms with Crippen molar-refractivity contribution >= 4 is 17.5 Å². The Morgan fingerprint density at radius 1 is 1.50 bits per heavy atom. The van der Waals surface area contributed by atoms with E-state index in [1.165, 1.54) is 0 Å². The molecule has 1 aromatic rings. The monoisotopic (exact) mass is 249 g/mol. The number of rotatable bonds is 3. The highest BCUT2D eigenvalue weighted by Crippen LogP contribution is 2.25. The Bertz CT molecular complexity index is 448. The Hall–Kier alpha value is -1.85. The van der Waals surface area contributed by atoms with Gasteiger partial charge in [-0.2, -0.15) is 0 Å². The summed E-state index contributed by atoms with van der Waals surface area (Å²) in [6, 6.07) is 0.218. The van der Waals surface area contributed by atoms with Crippen molar-refractivity contribution in [2.24, 2.45) is 0 Å². The van der Waals surface area contributed by atoms with Gasteiger partial charge in [0.2, 0.25) is 5.91 Å². The van der Waals surface area contributed by atoms with E-state index in [1.807, 2.05) is 14.0 Å². The molecule has 0 aliphatic carbocycles. The number of nitrogens with zero attached hydrogens (tertiary/aromatic N) is 3. The molecule has 2 heterocycles. The molecule has 6 nitrogen and oxygen atoms in total. The Labute approximate surface area is 107 Å². The van der Waals surface area contributed by atoms with Crippen molar-refractivity contribution in [1.82, 2.24) is 15.3 Å². The van der Waals surface area contributed by atoms with Gasteiger partial charge in [-0.3, -0.25) is 4.79 Å². The summed E-state index contributed by atoms with van der Waals surface area (Å²) >= 11 is 0. The van der Waals surface area contributed by atoms with Gasteiger partial charge in [-0.1, -0.05) is 0 Å². The van der Waals surface area contributed by atoms with E-state index in [9.17, 15) is 4.79 Å². The first-order valence-electron chi connectivity index (χ1n) is 6.13. The highest BCUT2D eigenvalue weighted by Gasteiger charge is 2.25. The van der Waals surface area contributed by atoms with E-state index >= 15 is 0 Å². The highest BCUT2D eigenvalue weighted by atomic mass is 16.1. The molecule has 0 radical (unpaired) electrons. The molecule has 1 fully saturated rings. The number of hydrogen-bond acceptors (Lipinski definition) is 5. The van der Waals surface area contributed by atoms with Crippen molar-refractivity contribution in [3.05, 3.63) is 11.9 Å². The summed E-state index contributed by atoms with van der Waals surface area (Å²) in [7, 11) is 1.85. The minimum absolute atomic E-state index is 0.0252. The molecule has 0 spiro atoms. The molecule has 1 atom stereocenters. The lowest BCUT2D eigenvalue weighted by Gasteiger charge is -2.20. The van der Waals surface area contributed by atoms with Gasteiger partial charge in [-0.15, -0.1) is 0 Å². The summed E-state index contributed by atoms with van der Waals surface area (Å²) in [4.78, 5) is 21.8. The van der Waals surface area contributed by atoms with E-state index in [2.05, 4.69) is 25.5 Å². The van der Waals surface area contributed by atoms with Crippen LogP contribution in [0.25, 0.3) is 0 Å². The summed E-state index contributed by atoms with van der Waals surface area (Å²) in [6.07, 6.45) is 2.53. The number of nitrogens with one attached hydrogen (secondary N) is 2. The fourth-order valence-corrected chi connectivity index (χ4v) is 2.37. The summed E-state index contributed by atoms with van der Waals surface area (Å²) in [5.41, 5.74) is 1.04. The van der Waals surface area contributed by atoms with Gasteiger partial charge in [0.1, 0.15) is 18.0 Å². The number of aromatic nitrogens is 2. The van der Waals surface area contributed by atoms with Gasteiger partial charge < -0.3 is 15.5 Å². The SMILES string of the molecule is CNc1ncnc(N2CCC(NC(C)=O)C2)c1C. The molecule has 0 saturated carbocycles. The van der Waals surface area contributed by atoms with Gasteiger partial charge in [0.25, 0.3) is 0 Å². The third-order valence-electron chi connectivity index (χ3n) is 3.19. The van der Waals surface area contributed by atoms with Crippen LogP contribution in [0.1, 0.15) is 18.9 Å². The van der Waals surface area contributed by atoms with Crippen LogP contribution in [0.15, 0.2) is 6.33 Å². The molecule has 2 rings (SSSR count). The molecule has 0 aromatic carbocycles. The topological polar surface area (TPSA) is 70.2 Å². The van der Waals surface area contributed by atoms with E-state index in [-0.39, 0.29) is 11.9 Å². The molecule has 18 heavy (non-hydrogen) atoms. The van der Waals surface area contributed by atoms with Gasteiger partial charge in [-0.25, -0.2) is 9.97 Å². The highest BCUT2D eigenvalue weighted by molar-refractivity contribution is 5.73. The largest absolute Gasteiger partial charge is 0.373 e. The minimum atomic E-state index is 0.0252. The van der Waals surface area contributed by atoms with Crippen molar-refractivity contribution in [2.75, 3.05) is 30.4 Å². The standard InChI is InChI=1S/C12H19N5O/c1-8-11(13-3)14-7-15-12(8)17-5-4-10(6-17)16-9(2)18/h7,10H,4-6H2,1-3H3,(H,16,18)(H,13,14,15). The second-order valence-electron chi connectivity index (χ2n) is 4.55. The maximum atomic E-state index is 11.0. The Morgan fingerprint density at radius 2 is 2.28 bits per heavy atom. The van der Waals surface area contributed by atoms with Crippen molar-refractivity contribution in [3.63, 3.8) is 0 Å². The second kappa shape index (κ2) is 5.20. The van der Waals surface area contributed by atoms with Crippen LogP contribution in [0, 0.1) is 6.92 Å². The van der Waals surface area contributed by atoms with E-state index in [4.69, 9.17) is 0 Å². The Balaban J connectivity index is 2.12. The molecule has 1 aliphatic rings. The quantitative estimate of drug-likeness (QED) is 0.818. The predicted octanol–water partition coefficient (Wildman–Crippen LogP) is 0.542. The summed E-state index contributed by atoms with van der Waals surface area (Å²) in [5, 5.41) is 6.00. The van der Waals surface area contributed by atoms with E-state index < -0.39 is 0 Å². The van der Waals surface area contributed by atoms with E-state index in [0.29, 0.717) is 0 Å².